The average molecular weight is 238 g/mol. The zero-order chi connectivity index (χ0) is 11.4. The summed E-state index contributed by atoms with van der Waals surface area (Å²) in [5.74, 6) is 0. The summed E-state index contributed by atoms with van der Waals surface area (Å²) in [6.45, 7) is 0.119. The van der Waals surface area contributed by atoms with E-state index in [1.165, 1.54) is 18.3 Å². The molecule has 0 atom stereocenters. The van der Waals surface area contributed by atoms with Gasteiger partial charge in [0.25, 0.3) is 0 Å². The lowest BCUT2D eigenvalue weighted by Gasteiger charge is -2.04. The Kier molecular flexibility index (Phi) is 2.97. The Morgan fingerprint density at radius 2 is 2.00 bits per heavy atom. The Morgan fingerprint density at radius 3 is 2.62 bits per heavy atom. The molecule has 0 amide bonds. The minimum absolute atomic E-state index is 0.119. The number of nitrogens with zero attached hydrogens (tertiary/aromatic N) is 2. The molecule has 0 aliphatic carbocycles. The van der Waals surface area contributed by atoms with E-state index in [2.05, 4.69) is 20.1 Å². The third-order valence-corrected chi connectivity index (χ3v) is 3.38. The van der Waals surface area contributed by atoms with E-state index in [-0.39, 0.29) is 11.4 Å². The molecular formula is C9H10N4O2S. The molecular weight excluding hydrogens is 228 g/mol. The van der Waals surface area contributed by atoms with Crippen LogP contribution in [0.5, 0.6) is 0 Å². The van der Waals surface area contributed by atoms with E-state index in [0.717, 1.165) is 0 Å². The lowest BCUT2D eigenvalue weighted by Crippen LogP contribution is -2.23. The Hall–Kier alpha value is -1.73. The number of H-pyrrole nitrogens is 1. The Balaban J connectivity index is 2.10. The first-order chi connectivity index (χ1) is 7.68. The second-order valence-electron chi connectivity index (χ2n) is 3.10. The van der Waals surface area contributed by atoms with Crippen molar-refractivity contribution < 1.29 is 8.42 Å². The van der Waals surface area contributed by atoms with Gasteiger partial charge in [-0.1, -0.05) is 18.2 Å². The number of rotatable bonds is 4. The van der Waals surface area contributed by atoms with Crippen molar-refractivity contribution >= 4 is 10.0 Å². The van der Waals surface area contributed by atoms with Crippen LogP contribution < -0.4 is 4.72 Å². The third kappa shape index (κ3) is 2.44. The van der Waals surface area contributed by atoms with Gasteiger partial charge in [0.2, 0.25) is 10.0 Å². The summed E-state index contributed by atoms with van der Waals surface area (Å²) < 4.78 is 25.9. The molecule has 1 aromatic carbocycles. The molecule has 6 nitrogen and oxygen atoms in total. The molecule has 1 aromatic heterocycles. The lowest BCUT2D eigenvalue weighted by molar-refractivity contribution is 0.580. The fourth-order valence-corrected chi connectivity index (χ4v) is 2.18. The number of hydrogen-bond acceptors (Lipinski definition) is 4. The topological polar surface area (TPSA) is 87.7 Å². The summed E-state index contributed by atoms with van der Waals surface area (Å²) in [7, 11) is -3.47. The highest BCUT2D eigenvalue weighted by Crippen LogP contribution is 2.07. The van der Waals surface area contributed by atoms with Crippen molar-refractivity contribution in [3.05, 3.63) is 42.2 Å². The number of aromatic nitrogens is 3. The van der Waals surface area contributed by atoms with Crippen LogP contribution in [0.15, 0.2) is 41.4 Å². The average Bonchev–Trinajstić information content (AvgIpc) is 2.81. The molecule has 2 aromatic rings. The van der Waals surface area contributed by atoms with Gasteiger partial charge < -0.3 is 0 Å². The molecule has 0 spiro atoms. The number of benzene rings is 1. The minimum atomic E-state index is -3.47. The molecule has 84 valence electrons. The molecule has 0 bridgehead atoms. The molecule has 0 saturated carbocycles. The Morgan fingerprint density at radius 1 is 1.25 bits per heavy atom. The van der Waals surface area contributed by atoms with Gasteiger partial charge in [-0.15, -0.1) is 0 Å². The van der Waals surface area contributed by atoms with Crippen LogP contribution in [0.4, 0.5) is 0 Å². The van der Waals surface area contributed by atoms with Gasteiger partial charge >= 0.3 is 0 Å². The first-order valence-electron chi connectivity index (χ1n) is 4.58. The highest BCUT2D eigenvalue weighted by atomic mass is 32.2. The first kappa shape index (κ1) is 10.8. The quantitative estimate of drug-likeness (QED) is 0.801. The maximum absolute atomic E-state index is 11.8. The van der Waals surface area contributed by atoms with E-state index < -0.39 is 10.0 Å². The van der Waals surface area contributed by atoms with Gasteiger partial charge in [0, 0.05) is 0 Å². The summed E-state index contributed by atoms with van der Waals surface area (Å²) in [6.07, 6.45) is 1.47. The van der Waals surface area contributed by atoms with E-state index in [0.29, 0.717) is 5.69 Å². The number of sulfonamides is 1. The zero-order valence-electron chi connectivity index (χ0n) is 8.29. The van der Waals surface area contributed by atoms with Gasteiger partial charge in [-0.2, -0.15) is 15.4 Å². The van der Waals surface area contributed by atoms with Crippen molar-refractivity contribution in [3.63, 3.8) is 0 Å². The second kappa shape index (κ2) is 4.42. The predicted molar refractivity (Wildman–Crippen MR) is 56.9 cm³/mol. The molecule has 7 heteroatoms. The molecule has 2 rings (SSSR count). The molecule has 0 unspecified atom stereocenters. The van der Waals surface area contributed by atoms with E-state index in [1.54, 1.807) is 18.2 Å². The van der Waals surface area contributed by atoms with Gasteiger partial charge in [0.05, 0.1) is 23.3 Å². The van der Waals surface area contributed by atoms with Crippen molar-refractivity contribution in [1.82, 2.24) is 20.1 Å². The van der Waals surface area contributed by atoms with Gasteiger partial charge in [-0.25, -0.2) is 13.1 Å². The third-order valence-electron chi connectivity index (χ3n) is 1.96. The largest absolute Gasteiger partial charge is 0.240 e. The van der Waals surface area contributed by atoms with Gasteiger partial charge in [0.1, 0.15) is 0 Å². The number of nitrogens with one attached hydrogen (secondary N) is 2. The molecule has 16 heavy (non-hydrogen) atoms. The maximum Gasteiger partial charge on any atom is 0.240 e. The lowest BCUT2D eigenvalue weighted by atomic mass is 10.4. The van der Waals surface area contributed by atoms with Gasteiger partial charge in [-0.05, 0) is 12.1 Å². The molecule has 1 heterocycles. The smallest absolute Gasteiger partial charge is 0.207 e. The Bertz CT molecular complexity index is 536. The van der Waals surface area contributed by atoms with Crippen LogP contribution in [-0.4, -0.2) is 23.8 Å². The standard InChI is InChI=1S/C9H10N4O2S/c14-16(15,9-4-2-1-3-5-9)11-7-8-6-10-13-12-8/h1-6,11H,7H2,(H,10,12,13). The normalized spacial score (nSPS) is 11.5. The van der Waals surface area contributed by atoms with Gasteiger partial charge in [-0.3, -0.25) is 0 Å². The SMILES string of the molecule is O=S(=O)(NCc1cn[nH]n1)c1ccccc1. The summed E-state index contributed by atoms with van der Waals surface area (Å²) in [5.41, 5.74) is 0.541. The van der Waals surface area contributed by atoms with Crippen molar-refractivity contribution in [2.24, 2.45) is 0 Å². The summed E-state index contributed by atoms with van der Waals surface area (Å²) in [4.78, 5) is 0.235. The fraction of sp³-hybridized carbons (Fsp3) is 0.111. The van der Waals surface area contributed by atoms with E-state index >= 15 is 0 Å². The molecule has 0 fully saturated rings. The van der Waals surface area contributed by atoms with Gasteiger partial charge in [0.15, 0.2) is 0 Å². The second-order valence-corrected chi connectivity index (χ2v) is 4.87. The van der Waals surface area contributed by atoms with Crippen LogP contribution in [-0.2, 0) is 16.6 Å². The van der Waals surface area contributed by atoms with Crippen molar-refractivity contribution in [3.8, 4) is 0 Å². The highest BCUT2D eigenvalue weighted by Gasteiger charge is 2.12. The van der Waals surface area contributed by atoms with Crippen LogP contribution in [0.3, 0.4) is 0 Å². The van der Waals surface area contributed by atoms with E-state index in [1.807, 2.05) is 0 Å². The maximum atomic E-state index is 11.8. The van der Waals surface area contributed by atoms with Crippen LogP contribution in [0.1, 0.15) is 5.69 Å². The molecule has 0 aliphatic heterocycles. The van der Waals surface area contributed by atoms with Crippen molar-refractivity contribution in [2.45, 2.75) is 11.4 Å². The molecule has 0 saturated heterocycles. The molecule has 2 N–H and O–H groups in total. The van der Waals surface area contributed by atoms with Crippen LogP contribution in [0.2, 0.25) is 0 Å². The van der Waals surface area contributed by atoms with Crippen molar-refractivity contribution in [2.75, 3.05) is 0 Å². The summed E-state index contributed by atoms with van der Waals surface area (Å²) in [6, 6.07) is 8.17. The van der Waals surface area contributed by atoms with Crippen LogP contribution >= 0.6 is 0 Å². The number of hydrogen-bond donors (Lipinski definition) is 2. The predicted octanol–water partition coefficient (Wildman–Crippen LogP) is 0.283. The van der Waals surface area contributed by atoms with Crippen LogP contribution in [0.25, 0.3) is 0 Å². The van der Waals surface area contributed by atoms with E-state index in [4.69, 9.17) is 0 Å². The van der Waals surface area contributed by atoms with E-state index in [9.17, 15) is 8.42 Å². The molecule has 0 aliphatic rings. The fourth-order valence-electron chi connectivity index (χ4n) is 1.16. The molecule has 0 radical (unpaired) electrons. The minimum Gasteiger partial charge on any atom is -0.207 e. The number of aromatic amines is 1. The Labute approximate surface area is 92.7 Å². The monoisotopic (exact) mass is 238 g/mol. The summed E-state index contributed by atoms with van der Waals surface area (Å²) >= 11 is 0. The highest BCUT2D eigenvalue weighted by molar-refractivity contribution is 7.89. The zero-order valence-corrected chi connectivity index (χ0v) is 9.11. The summed E-state index contributed by atoms with van der Waals surface area (Å²) in [5, 5.41) is 9.75. The van der Waals surface area contributed by atoms with Crippen LogP contribution in [0, 0.1) is 0 Å². The first-order valence-corrected chi connectivity index (χ1v) is 6.06. The van der Waals surface area contributed by atoms with Crippen molar-refractivity contribution in [1.29, 1.82) is 0 Å².